The summed E-state index contributed by atoms with van der Waals surface area (Å²) in [6, 6.07) is 16.7. The maximum absolute atomic E-state index is 12.9. The van der Waals surface area contributed by atoms with Gasteiger partial charge in [-0.25, -0.2) is 0 Å². The molecule has 2 N–H and O–H groups in total. The lowest BCUT2D eigenvalue weighted by Gasteiger charge is -2.30. The molecule has 3 aromatic rings. The molecule has 2 heterocycles. The topological polar surface area (TPSA) is 61.4 Å². The first-order valence-electron chi connectivity index (χ1n) is 11.2. The number of hydrogen-bond donors (Lipinski definition) is 2. The van der Waals surface area contributed by atoms with E-state index >= 15 is 0 Å². The number of rotatable bonds is 7. The van der Waals surface area contributed by atoms with E-state index in [1.807, 2.05) is 17.5 Å². The number of hydrogen-bond acceptors (Lipinski definition) is 4. The number of nitrogens with one attached hydrogen (secondary N) is 2. The van der Waals surface area contributed by atoms with Crippen LogP contribution in [-0.4, -0.2) is 29.8 Å². The molecule has 0 atom stereocenters. The van der Waals surface area contributed by atoms with Crippen molar-refractivity contribution >= 4 is 40.4 Å². The Morgan fingerprint density at radius 2 is 1.79 bits per heavy atom. The van der Waals surface area contributed by atoms with Gasteiger partial charge in [0.25, 0.3) is 11.8 Å². The normalized spacial score (nSPS) is 14.7. The standard InChI is InChI=1S/C26H28ClN3O2S/c1-18-10-12-30(13-11-18)17-21-6-3-2-5-20(21)16-28-25(31)19-8-9-22(27)23(15-19)29-26(32)24-7-4-14-33-24/h2-9,14-15,18H,10-13,16-17H2,1H3,(H,28,31)(H,29,32). The molecule has 1 fully saturated rings. The van der Waals surface area contributed by atoms with Crippen molar-refractivity contribution in [3.63, 3.8) is 0 Å². The van der Waals surface area contributed by atoms with E-state index in [2.05, 4.69) is 40.7 Å². The number of amides is 2. The number of carbonyl (C=O) groups is 2. The number of nitrogens with zero attached hydrogens (tertiary/aromatic N) is 1. The molecule has 1 aliphatic heterocycles. The van der Waals surface area contributed by atoms with E-state index in [1.54, 1.807) is 24.3 Å². The highest BCUT2D eigenvalue weighted by molar-refractivity contribution is 7.12. The van der Waals surface area contributed by atoms with E-state index in [0.717, 1.165) is 31.1 Å². The summed E-state index contributed by atoms with van der Waals surface area (Å²) in [7, 11) is 0. The molecule has 1 aliphatic rings. The van der Waals surface area contributed by atoms with Gasteiger partial charge < -0.3 is 10.6 Å². The molecule has 0 radical (unpaired) electrons. The van der Waals surface area contributed by atoms with Crippen LogP contribution in [0.25, 0.3) is 0 Å². The van der Waals surface area contributed by atoms with Gasteiger partial charge in [0.2, 0.25) is 0 Å². The number of thiophene rings is 1. The van der Waals surface area contributed by atoms with Gasteiger partial charge in [0, 0.05) is 18.7 Å². The smallest absolute Gasteiger partial charge is 0.265 e. The van der Waals surface area contributed by atoms with Crippen LogP contribution < -0.4 is 10.6 Å². The number of benzene rings is 2. The van der Waals surface area contributed by atoms with Crippen LogP contribution in [0.1, 0.15) is 50.9 Å². The lowest BCUT2D eigenvalue weighted by Crippen LogP contribution is -2.33. The second-order valence-corrected chi connectivity index (χ2v) is 9.89. The van der Waals surface area contributed by atoms with E-state index in [1.165, 1.54) is 29.7 Å². The summed E-state index contributed by atoms with van der Waals surface area (Å²) in [5, 5.41) is 8.03. The highest BCUT2D eigenvalue weighted by atomic mass is 35.5. The van der Waals surface area contributed by atoms with Crippen molar-refractivity contribution in [2.45, 2.75) is 32.9 Å². The molecule has 4 rings (SSSR count). The second kappa shape index (κ2) is 11.0. The van der Waals surface area contributed by atoms with Crippen LogP contribution in [-0.2, 0) is 13.1 Å². The van der Waals surface area contributed by atoms with Gasteiger partial charge in [-0.05, 0) is 72.6 Å². The summed E-state index contributed by atoms with van der Waals surface area (Å²) < 4.78 is 0. The molecule has 33 heavy (non-hydrogen) atoms. The SMILES string of the molecule is CC1CCN(Cc2ccccc2CNC(=O)c2ccc(Cl)c(NC(=O)c3cccs3)c2)CC1. The van der Waals surface area contributed by atoms with Crippen LogP contribution in [0.2, 0.25) is 5.02 Å². The Bertz CT molecular complexity index is 1110. The fourth-order valence-electron chi connectivity index (χ4n) is 3.98. The molecule has 1 aromatic heterocycles. The number of carbonyl (C=O) groups excluding carboxylic acids is 2. The maximum Gasteiger partial charge on any atom is 0.265 e. The minimum absolute atomic E-state index is 0.208. The van der Waals surface area contributed by atoms with E-state index in [9.17, 15) is 9.59 Å². The zero-order chi connectivity index (χ0) is 23.2. The number of piperidine rings is 1. The van der Waals surface area contributed by atoms with E-state index in [-0.39, 0.29) is 11.8 Å². The van der Waals surface area contributed by atoms with Crippen LogP contribution in [0, 0.1) is 5.92 Å². The lowest BCUT2D eigenvalue weighted by atomic mass is 9.98. The molecule has 172 valence electrons. The number of anilines is 1. The summed E-state index contributed by atoms with van der Waals surface area (Å²) in [4.78, 5) is 28.3. The van der Waals surface area contributed by atoms with Crippen molar-refractivity contribution in [3.8, 4) is 0 Å². The third kappa shape index (κ3) is 6.22. The molecule has 2 amide bonds. The first kappa shape index (κ1) is 23.5. The number of likely N-dealkylation sites (tertiary alicyclic amines) is 1. The minimum Gasteiger partial charge on any atom is -0.348 e. The Kier molecular flexibility index (Phi) is 7.81. The average molecular weight is 482 g/mol. The molecule has 1 saturated heterocycles. The molecule has 0 bridgehead atoms. The van der Waals surface area contributed by atoms with Crippen LogP contribution >= 0.6 is 22.9 Å². The molecule has 2 aromatic carbocycles. The zero-order valence-electron chi connectivity index (χ0n) is 18.6. The van der Waals surface area contributed by atoms with Crippen molar-refractivity contribution in [1.29, 1.82) is 0 Å². The predicted molar refractivity (Wildman–Crippen MR) is 135 cm³/mol. The van der Waals surface area contributed by atoms with Gasteiger partial charge in [0.15, 0.2) is 0 Å². The Morgan fingerprint density at radius 3 is 2.52 bits per heavy atom. The Labute approximate surface area is 203 Å². The summed E-state index contributed by atoms with van der Waals surface area (Å²) in [5.41, 5.74) is 3.22. The third-order valence-corrected chi connectivity index (χ3v) is 7.25. The second-order valence-electron chi connectivity index (χ2n) is 8.54. The van der Waals surface area contributed by atoms with Gasteiger partial charge in [-0.1, -0.05) is 48.9 Å². The molecule has 7 heteroatoms. The highest BCUT2D eigenvalue weighted by Crippen LogP contribution is 2.25. The average Bonchev–Trinajstić information content (AvgIpc) is 3.36. The summed E-state index contributed by atoms with van der Waals surface area (Å²) in [5.74, 6) is 0.348. The number of halogens is 1. The van der Waals surface area contributed by atoms with Crippen LogP contribution in [0.3, 0.4) is 0 Å². The quantitative estimate of drug-likeness (QED) is 0.447. The summed E-state index contributed by atoms with van der Waals surface area (Å²) in [6.45, 7) is 5.90. The van der Waals surface area contributed by atoms with E-state index < -0.39 is 0 Å². The molecule has 0 spiro atoms. The van der Waals surface area contributed by atoms with Crippen LogP contribution in [0.4, 0.5) is 5.69 Å². The van der Waals surface area contributed by atoms with Crippen molar-refractivity contribution in [1.82, 2.24) is 10.2 Å². The van der Waals surface area contributed by atoms with Gasteiger partial charge in [-0.15, -0.1) is 11.3 Å². The summed E-state index contributed by atoms with van der Waals surface area (Å²) in [6.07, 6.45) is 2.47. The monoisotopic (exact) mass is 481 g/mol. The Balaban J connectivity index is 1.39. The Morgan fingerprint density at radius 1 is 1.03 bits per heavy atom. The van der Waals surface area contributed by atoms with Crippen molar-refractivity contribution in [3.05, 3.63) is 86.6 Å². The van der Waals surface area contributed by atoms with E-state index in [0.29, 0.717) is 27.7 Å². The van der Waals surface area contributed by atoms with Crippen molar-refractivity contribution in [2.75, 3.05) is 18.4 Å². The maximum atomic E-state index is 12.9. The third-order valence-electron chi connectivity index (χ3n) is 6.05. The van der Waals surface area contributed by atoms with Gasteiger partial charge in [-0.3, -0.25) is 14.5 Å². The molecule has 0 unspecified atom stereocenters. The van der Waals surface area contributed by atoms with Gasteiger partial charge in [-0.2, -0.15) is 0 Å². The van der Waals surface area contributed by atoms with E-state index in [4.69, 9.17) is 11.6 Å². The first-order valence-corrected chi connectivity index (χ1v) is 12.5. The Hall–Kier alpha value is -2.67. The van der Waals surface area contributed by atoms with Gasteiger partial charge in [0.1, 0.15) is 0 Å². The first-order chi connectivity index (χ1) is 16.0. The van der Waals surface area contributed by atoms with Crippen LogP contribution in [0.5, 0.6) is 0 Å². The molecule has 0 aliphatic carbocycles. The van der Waals surface area contributed by atoms with Gasteiger partial charge in [0.05, 0.1) is 15.6 Å². The highest BCUT2D eigenvalue weighted by Gasteiger charge is 2.17. The fraction of sp³-hybridized carbons (Fsp3) is 0.308. The minimum atomic E-state index is -0.245. The van der Waals surface area contributed by atoms with Crippen LogP contribution in [0.15, 0.2) is 60.0 Å². The largest absolute Gasteiger partial charge is 0.348 e. The van der Waals surface area contributed by atoms with Gasteiger partial charge >= 0.3 is 0 Å². The summed E-state index contributed by atoms with van der Waals surface area (Å²) >= 11 is 7.60. The fourth-order valence-corrected chi connectivity index (χ4v) is 4.76. The van der Waals surface area contributed by atoms with Crippen molar-refractivity contribution in [2.24, 2.45) is 5.92 Å². The van der Waals surface area contributed by atoms with Crippen molar-refractivity contribution < 1.29 is 9.59 Å². The zero-order valence-corrected chi connectivity index (χ0v) is 20.2. The molecule has 0 saturated carbocycles. The molecule has 5 nitrogen and oxygen atoms in total. The lowest BCUT2D eigenvalue weighted by molar-refractivity contribution is 0.0949. The molecular formula is C26H28ClN3O2S. The molecular weight excluding hydrogens is 454 g/mol. The predicted octanol–water partition coefficient (Wildman–Crippen LogP) is 5.82.